The number of rotatable bonds is 5. The molecule has 2 heterocycles. The molecule has 108 valence electrons. The minimum Gasteiger partial charge on any atom is -0.303 e. The topological polar surface area (TPSA) is 47.7 Å². The predicted molar refractivity (Wildman–Crippen MR) is 78.2 cm³/mol. The van der Waals surface area contributed by atoms with Crippen LogP contribution in [0, 0.1) is 0 Å². The van der Waals surface area contributed by atoms with Gasteiger partial charge in [-0.25, -0.2) is 0 Å². The van der Waals surface area contributed by atoms with E-state index in [1.54, 1.807) is 0 Å². The zero-order valence-electron chi connectivity index (χ0n) is 12.3. The second-order valence-corrected chi connectivity index (χ2v) is 5.72. The van der Waals surface area contributed by atoms with Gasteiger partial charge in [-0.15, -0.1) is 0 Å². The molecule has 1 saturated carbocycles. The molecule has 2 aromatic rings. The highest BCUT2D eigenvalue weighted by Crippen LogP contribution is 2.29. The van der Waals surface area contributed by atoms with Crippen LogP contribution in [0.5, 0.6) is 0 Å². The van der Waals surface area contributed by atoms with Crippen LogP contribution in [0.25, 0.3) is 0 Å². The minimum atomic E-state index is 0.253. The molecule has 0 amide bonds. The molecule has 0 spiro atoms. The van der Waals surface area contributed by atoms with Gasteiger partial charge in [-0.3, -0.25) is 9.36 Å². The molecule has 20 heavy (non-hydrogen) atoms. The van der Waals surface area contributed by atoms with Crippen LogP contribution in [-0.4, -0.2) is 19.6 Å². The summed E-state index contributed by atoms with van der Waals surface area (Å²) in [4.78, 5) is 0. The summed E-state index contributed by atoms with van der Waals surface area (Å²) in [5.74, 6) is 0. The third-order valence-corrected chi connectivity index (χ3v) is 4.19. The van der Waals surface area contributed by atoms with Crippen molar-refractivity contribution < 1.29 is 0 Å². The Morgan fingerprint density at radius 1 is 1.35 bits per heavy atom. The van der Waals surface area contributed by atoms with E-state index in [0.29, 0.717) is 6.04 Å². The Kier molecular flexibility index (Phi) is 3.87. The molecule has 1 aliphatic carbocycles. The molecule has 5 heteroatoms. The number of aromatic nitrogens is 4. The maximum atomic E-state index is 4.51. The molecule has 1 aliphatic rings. The second kappa shape index (κ2) is 5.79. The van der Waals surface area contributed by atoms with Crippen molar-refractivity contribution in [2.75, 3.05) is 0 Å². The largest absolute Gasteiger partial charge is 0.303 e. The van der Waals surface area contributed by atoms with E-state index >= 15 is 0 Å². The summed E-state index contributed by atoms with van der Waals surface area (Å²) in [7, 11) is 1.95. The minimum absolute atomic E-state index is 0.253. The lowest BCUT2D eigenvalue weighted by Crippen LogP contribution is -2.22. The van der Waals surface area contributed by atoms with E-state index in [0.717, 1.165) is 12.2 Å². The van der Waals surface area contributed by atoms with Crippen LogP contribution in [-0.2, 0) is 13.6 Å². The van der Waals surface area contributed by atoms with Crippen molar-refractivity contribution in [3.8, 4) is 0 Å². The molecule has 1 fully saturated rings. The third-order valence-electron chi connectivity index (χ3n) is 4.19. The van der Waals surface area contributed by atoms with Gasteiger partial charge in [0.2, 0.25) is 0 Å². The summed E-state index contributed by atoms with van der Waals surface area (Å²) in [6, 6.07) is 5.04. The highest BCUT2D eigenvalue weighted by molar-refractivity contribution is 5.07. The van der Waals surface area contributed by atoms with Gasteiger partial charge < -0.3 is 5.32 Å². The summed E-state index contributed by atoms with van der Waals surface area (Å²) in [6.45, 7) is 2.99. The van der Waals surface area contributed by atoms with E-state index < -0.39 is 0 Å². The van der Waals surface area contributed by atoms with Crippen LogP contribution in [0.1, 0.15) is 56.1 Å². The van der Waals surface area contributed by atoms with E-state index in [-0.39, 0.29) is 6.04 Å². The molecule has 1 unspecified atom stereocenters. The zero-order chi connectivity index (χ0) is 13.9. The van der Waals surface area contributed by atoms with Crippen molar-refractivity contribution >= 4 is 0 Å². The zero-order valence-corrected chi connectivity index (χ0v) is 12.3. The highest BCUT2D eigenvalue weighted by Gasteiger charge is 2.19. The Labute approximate surface area is 120 Å². The van der Waals surface area contributed by atoms with Crippen molar-refractivity contribution in [1.29, 1.82) is 0 Å². The van der Waals surface area contributed by atoms with Gasteiger partial charge in [0.05, 0.1) is 17.4 Å². The number of nitrogens with zero attached hydrogens (tertiary/aromatic N) is 4. The fourth-order valence-corrected chi connectivity index (χ4v) is 2.99. The molecule has 2 aromatic heterocycles. The normalized spacial score (nSPS) is 17.7. The van der Waals surface area contributed by atoms with Crippen molar-refractivity contribution in [3.05, 3.63) is 35.9 Å². The molecule has 3 rings (SSSR count). The maximum Gasteiger partial charge on any atom is 0.0791 e. The number of aryl methyl sites for hydroxylation is 1. The molecule has 0 saturated heterocycles. The molecule has 0 aliphatic heterocycles. The van der Waals surface area contributed by atoms with Gasteiger partial charge in [0.15, 0.2) is 0 Å². The molecule has 0 aromatic carbocycles. The van der Waals surface area contributed by atoms with E-state index in [1.807, 2.05) is 24.1 Å². The first kappa shape index (κ1) is 13.4. The second-order valence-electron chi connectivity index (χ2n) is 5.72. The van der Waals surface area contributed by atoms with Gasteiger partial charge in [0.1, 0.15) is 0 Å². The summed E-state index contributed by atoms with van der Waals surface area (Å²) in [6.07, 6.45) is 9.11. The quantitative estimate of drug-likeness (QED) is 0.911. The van der Waals surface area contributed by atoms with Gasteiger partial charge in [-0.1, -0.05) is 12.8 Å². The summed E-state index contributed by atoms with van der Waals surface area (Å²) in [5, 5.41) is 12.5. The van der Waals surface area contributed by atoms with E-state index in [1.165, 1.54) is 31.4 Å². The van der Waals surface area contributed by atoms with Crippen LogP contribution in [0.2, 0.25) is 0 Å². The smallest absolute Gasteiger partial charge is 0.0791 e. The van der Waals surface area contributed by atoms with Crippen molar-refractivity contribution in [2.24, 2.45) is 7.05 Å². The van der Waals surface area contributed by atoms with Gasteiger partial charge in [-0.05, 0) is 31.9 Å². The van der Waals surface area contributed by atoms with E-state index in [2.05, 4.69) is 39.3 Å². The lowest BCUT2D eigenvalue weighted by molar-refractivity contribution is 0.433. The standard InChI is InChI=1S/C15H23N5/c1-12(15-8-10-19(2)18-15)16-11-14-7-9-17-20(14)13-5-3-4-6-13/h7-10,12-13,16H,3-6,11H2,1-2H3. The predicted octanol–water partition coefficient (Wildman–Crippen LogP) is 2.58. The molecule has 1 N–H and O–H groups in total. The third kappa shape index (κ3) is 2.77. The first-order valence-electron chi connectivity index (χ1n) is 7.49. The van der Waals surface area contributed by atoms with Crippen LogP contribution in [0.4, 0.5) is 0 Å². The average molecular weight is 273 g/mol. The lowest BCUT2D eigenvalue weighted by Gasteiger charge is -2.16. The van der Waals surface area contributed by atoms with Crippen LogP contribution in [0.15, 0.2) is 24.5 Å². The summed E-state index contributed by atoms with van der Waals surface area (Å²) in [5.41, 5.74) is 2.36. The Morgan fingerprint density at radius 2 is 2.15 bits per heavy atom. The monoisotopic (exact) mass is 273 g/mol. The highest BCUT2D eigenvalue weighted by atomic mass is 15.3. The van der Waals surface area contributed by atoms with Gasteiger partial charge in [0.25, 0.3) is 0 Å². The Morgan fingerprint density at radius 3 is 2.85 bits per heavy atom. The maximum absolute atomic E-state index is 4.51. The van der Waals surface area contributed by atoms with Crippen molar-refractivity contribution in [3.63, 3.8) is 0 Å². The average Bonchev–Trinajstić information content (AvgIpc) is 3.16. The number of hydrogen-bond donors (Lipinski definition) is 1. The van der Waals surface area contributed by atoms with Crippen LogP contribution >= 0.6 is 0 Å². The number of hydrogen-bond acceptors (Lipinski definition) is 3. The van der Waals surface area contributed by atoms with Crippen molar-refractivity contribution in [1.82, 2.24) is 24.9 Å². The molecular formula is C15H23N5. The molecule has 5 nitrogen and oxygen atoms in total. The van der Waals surface area contributed by atoms with Gasteiger partial charge >= 0.3 is 0 Å². The van der Waals surface area contributed by atoms with E-state index in [9.17, 15) is 0 Å². The molecular weight excluding hydrogens is 250 g/mol. The fraction of sp³-hybridized carbons (Fsp3) is 0.600. The first-order valence-corrected chi connectivity index (χ1v) is 7.49. The van der Waals surface area contributed by atoms with Crippen LogP contribution < -0.4 is 5.32 Å². The molecule has 0 bridgehead atoms. The van der Waals surface area contributed by atoms with Crippen LogP contribution in [0.3, 0.4) is 0 Å². The number of nitrogens with one attached hydrogen (secondary N) is 1. The van der Waals surface area contributed by atoms with Crippen molar-refractivity contribution in [2.45, 2.75) is 51.2 Å². The summed E-state index contributed by atoms with van der Waals surface area (Å²) < 4.78 is 4.06. The van der Waals surface area contributed by atoms with Gasteiger partial charge in [0, 0.05) is 32.0 Å². The fourth-order valence-electron chi connectivity index (χ4n) is 2.99. The van der Waals surface area contributed by atoms with Gasteiger partial charge in [-0.2, -0.15) is 10.2 Å². The lowest BCUT2D eigenvalue weighted by atomic mass is 10.2. The first-order chi connectivity index (χ1) is 9.74. The van der Waals surface area contributed by atoms with E-state index in [4.69, 9.17) is 0 Å². The summed E-state index contributed by atoms with van der Waals surface area (Å²) >= 11 is 0. The Hall–Kier alpha value is -1.62. The molecule has 1 atom stereocenters. The molecule has 0 radical (unpaired) electrons. The Balaban J connectivity index is 1.62. The Bertz CT molecular complexity index is 550. The SMILES string of the molecule is CC(NCc1ccnn1C1CCCC1)c1ccn(C)n1.